The SMILES string of the molecule is C/C(=C/c1ccccc1)CNC1CCN(C2CC2)CC1. The zero-order chi connectivity index (χ0) is 13.8. The van der Waals surface area contributed by atoms with Gasteiger partial charge in [-0.1, -0.05) is 42.0 Å². The monoisotopic (exact) mass is 270 g/mol. The number of hydrogen-bond donors (Lipinski definition) is 1. The standard InChI is InChI=1S/C18H26N2/c1-15(13-16-5-3-2-4-6-16)14-19-17-9-11-20(12-10-17)18-7-8-18/h2-6,13,17-19H,7-12,14H2,1H3/b15-13-. The summed E-state index contributed by atoms with van der Waals surface area (Å²) in [5.41, 5.74) is 2.72. The molecule has 2 heteroatoms. The van der Waals surface area contributed by atoms with Crippen molar-refractivity contribution in [2.24, 2.45) is 0 Å². The van der Waals surface area contributed by atoms with Crippen molar-refractivity contribution in [1.29, 1.82) is 0 Å². The Morgan fingerprint density at radius 3 is 2.50 bits per heavy atom. The second kappa shape index (κ2) is 6.55. The van der Waals surface area contributed by atoms with Gasteiger partial charge in [0.2, 0.25) is 0 Å². The van der Waals surface area contributed by atoms with E-state index in [2.05, 4.69) is 53.5 Å². The summed E-state index contributed by atoms with van der Waals surface area (Å²) < 4.78 is 0. The average Bonchev–Trinajstić information content (AvgIpc) is 3.31. The van der Waals surface area contributed by atoms with Crippen LogP contribution in [0.3, 0.4) is 0 Å². The molecule has 3 rings (SSSR count). The van der Waals surface area contributed by atoms with Gasteiger partial charge in [0.25, 0.3) is 0 Å². The van der Waals surface area contributed by atoms with Gasteiger partial charge in [-0.15, -0.1) is 0 Å². The number of hydrogen-bond acceptors (Lipinski definition) is 2. The first-order chi connectivity index (χ1) is 9.81. The maximum Gasteiger partial charge on any atom is 0.0167 e. The van der Waals surface area contributed by atoms with Crippen molar-refractivity contribution in [2.75, 3.05) is 19.6 Å². The van der Waals surface area contributed by atoms with E-state index in [9.17, 15) is 0 Å². The predicted octanol–water partition coefficient (Wildman–Crippen LogP) is 3.31. The molecule has 20 heavy (non-hydrogen) atoms. The Morgan fingerprint density at radius 1 is 1.15 bits per heavy atom. The van der Waals surface area contributed by atoms with Gasteiger partial charge in [-0.3, -0.25) is 0 Å². The molecule has 0 spiro atoms. The van der Waals surface area contributed by atoms with E-state index >= 15 is 0 Å². The van der Waals surface area contributed by atoms with E-state index in [1.165, 1.54) is 49.9 Å². The summed E-state index contributed by atoms with van der Waals surface area (Å²) in [6.07, 6.45) is 7.80. The minimum atomic E-state index is 0.712. The lowest BCUT2D eigenvalue weighted by Gasteiger charge is -2.32. The van der Waals surface area contributed by atoms with E-state index < -0.39 is 0 Å². The Morgan fingerprint density at radius 2 is 1.85 bits per heavy atom. The van der Waals surface area contributed by atoms with Crippen molar-refractivity contribution in [3.05, 3.63) is 41.5 Å². The lowest BCUT2D eigenvalue weighted by molar-refractivity contribution is 0.191. The lowest BCUT2D eigenvalue weighted by atomic mass is 10.0. The molecule has 0 aromatic heterocycles. The summed E-state index contributed by atoms with van der Waals surface area (Å²) in [6, 6.07) is 12.2. The van der Waals surface area contributed by atoms with Crippen LogP contribution in [0.25, 0.3) is 6.08 Å². The molecule has 1 saturated carbocycles. The average molecular weight is 270 g/mol. The first kappa shape index (κ1) is 13.8. The molecule has 1 saturated heterocycles. The van der Waals surface area contributed by atoms with Crippen molar-refractivity contribution in [3.8, 4) is 0 Å². The highest BCUT2D eigenvalue weighted by Gasteiger charge is 2.31. The lowest BCUT2D eigenvalue weighted by Crippen LogP contribution is -2.43. The van der Waals surface area contributed by atoms with Gasteiger partial charge in [0.1, 0.15) is 0 Å². The predicted molar refractivity (Wildman–Crippen MR) is 85.7 cm³/mol. The van der Waals surface area contributed by atoms with Crippen LogP contribution in [0.15, 0.2) is 35.9 Å². The van der Waals surface area contributed by atoms with Gasteiger partial charge in [0.05, 0.1) is 0 Å². The van der Waals surface area contributed by atoms with Gasteiger partial charge in [-0.25, -0.2) is 0 Å². The summed E-state index contributed by atoms with van der Waals surface area (Å²) in [6.45, 7) is 5.83. The van der Waals surface area contributed by atoms with Crippen LogP contribution in [0, 0.1) is 0 Å². The first-order valence-electron chi connectivity index (χ1n) is 8.01. The number of rotatable bonds is 5. The molecular formula is C18H26N2. The molecule has 2 aliphatic rings. The summed E-state index contributed by atoms with van der Waals surface area (Å²) in [5, 5.41) is 3.73. The molecule has 108 valence electrons. The molecule has 1 heterocycles. The van der Waals surface area contributed by atoms with Crippen LogP contribution in [-0.4, -0.2) is 36.6 Å². The third kappa shape index (κ3) is 3.94. The number of piperidine rings is 1. The van der Waals surface area contributed by atoms with Crippen LogP contribution in [0.1, 0.15) is 38.2 Å². The summed E-state index contributed by atoms with van der Waals surface area (Å²) in [7, 11) is 0. The third-order valence-corrected chi connectivity index (χ3v) is 4.48. The molecular weight excluding hydrogens is 244 g/mol. The molecule has 0 bridgehead atoms. The Bertz CT molecular complexity index is 440. The van der Waals surface area contributed by atoms with Gasteiger partial charge >= 0.3 is 0 Å². The topological polar surface area (TPSA) is 15.3 Å². The Hall–Kier alpha value is -1.12. The fraction of sp³-hybridized carbons (Fsp3) is 0.556. The highest BCUT2D eigenvalue weighted by Crippen LogP contribution is 2.29. The van der Waals surface area contributed by atoms with Crippen LogP contribution < -0.4 is 5.32 Å². The zero-order valence-corrected chi connectivity index (χ0v) is 12.5. The first-order valence-corrected chi connectivity index (χ1v) is 8.01. The molecule has 2 fully saturated rings. The molecule has 1 aliphatic carbocycles. The van der Waals surface area contributed by atoms with E-state index in [1.807, 2.05) is 0 Å². The van der Waals surface area contributed by atoms with Gasteiger partial charge < -0.3 is 10.2 Å². The van der Waals surface area contributed by atoms with E-state index in [-0.39, 0.29) is 0 Å². The molecule has 1 aliphatic heterocycles. The summed E-state index contributed by atoms with van der Waals surface area (Å²) in [5.74, 6) is 0. The van der Waals surface area contributed by atoms with E-state index in [4.69, 9.17) is 0 Å². The van der Waals surface area contributed by atoms with Crippen molar-refractivity contribution < 1.29 is 0 Å². The minimum absolute atomic E-state index is 0.712. The van der Waals surface area contributed by atoms with Crippen molar-refractivity contribution in [2.45, 2.75) is 44.7 Å². The maximum absolute atomic E-state index is 3.73. The highest BCUT2D eigenvalue weighted by molar-refractivity contribution is 5.52. The molecule has 0 radical (unpaired) electrons. The van der Waals surface area contributed by atoms with E-state index in [0.717, 1.165) is 12.6 Å². The number of nitrogens with zero attached hydrogens (tertiary/aromatic N) is 1. The summed E-state index contributed by atoms with van der Waals surface area (Å²) >= 11 is 0. The Kier molecular flexibility index (Phi) is 4.54. The molecule has 2 nitrogen and oxygen atoms in total. The molecule has 1 N–H and O–H groups in total. The van der Waals surface area contributed by atoms with Gasteiger partial charge in [-0.2, -0.15) is 0 Å². The van der Waals surface area contributed by atoms with Gasteiger partial charge in [-0.05, 0) is 51.3 Å². The summed E-state index contributed by atoms with van der Waals surface area (Å²) in [4.78, 5) is 2.69. The normalized spacial score (nSPS) is 22.1. The number of nitrogens with one attached hydrogen (secondary N) is 1. The van der Waals surface area contributed by atoms with Crippen LogP contribution in [0.5, 0.6) is 0 Å². The molecule has 1 aromatic carbocycles. The van der Waals surface area contributed by atoms with Gasteiger partial charge in [0.15, 0.2) is 0 Å². The second-order valence-corrected chi connectivity index (χ2v) is 6.32. The fourth-order valence-electron chi connectivity index (χ4n) is 3.10. The zero-order valence-electron chi connectivity index (χ0n) is 12.5. The molecule has 0 amide bonds. The third-order valence-electron chi connectivity index (χ3n) is 4.48. The smallest absolute Gasteiger partial charge is 0.0167 e. The highest BCUT2D eigenvalue weighted by atomic mass is 15.2. The van der Waals surface area contributed by atoms with E-state index in [0.29, 0.717) is 6.04 Å². The Labute approximate surface area is 122 Å². The van der Waals surface area contributed by atoms with Crippen LogP contribution in [0.2, 0.25) is 0 Å². The molecule has 0 atom stereocenters. The van der Waals surface area contributed by atoms with Gasteiger partial charge in [0, 0.05) is 18.6 Å². The quantitative estimate of drug-likeness (QED) is 0.883. The molecule has 1 aromatic rings. The maximum atomic E-state index is 3.73. The Balaban J connectivity index is 1.42. The van der Waals surface area contributed by atoms with E-state index in [1.54, 1.807) is 0 Å². The largest absolute Gasteiger partial charge is 0.310 e. The van der Waals surface area contributed by atoms with Crippen LogP contribution >= 0.6 is 0 Å². The van der Waals surface area contributed by atoms with Crippen molar-refractivity contribution in [3.63, 3.8) is 0 Å². The number of benzene rings is 1. The van der Waals surface area contributed by atoms with Crippen LogP contribution in [0.4, 0.5) is 0 Å². The van der Waals surface area contributed by atoms with Crippen molar-refractivity contribution >= 4 is 6.08 Å². The molecule has 0 unspecified atom stereocenters. The minimum Gasteiger partial charge on any atom is -0.310 e. The van der Waals surface area contributed by atoms with Crippen molar-refractivity contribution in [1.82, 2.24) is 10.2 Å². The second-order valence-electron chi connectivity index (χ2n) is 6.32. The van der Waals surface area contributed by atoms with Crippen LogP contribution in [-0.2, 0) is 0 Å². The fourth-order valence-corrected chi connectivity index (χ4v) is 3.10. The number of likely N-dealkylation sites (tertiary alicyclic amines) is 1.